The minimum absolute atomic E-state index is 0.536. The fourth-order valence-electron chi connectivity index (χ4n) is 1.63. The zero-order chi connectivity index (χ0) is 11.7. The van der Waals surface area contributed by atoms with Crippen molar-refractivity contribution in [2.75, 3.05) is 32.7 Å². The van der Waals surface area contributed by atoms with Gasteiger partial charge in [0, 0.05) is 32.1 Å². The van der Waals surface area contributed by atoms with Crippen molar-refractivity contribution in [3.63, 3.8) is 0 Å². The molecule has 0 N–H and O–H groups in total. The van der Waals surface area contributed by atoms with Crippen molar-refractivity contribution in [2.45, 2.75) is 40.2 Å². The molecule has 0 rings (SSSR count). The first-order valence-corrected chi connectivity index (χ1v) is 5.99. The highest BCUT2D eigenvalue weighted by Crippen LogP contribution is 2.00. The summed E-state index contributed by atoms with van der Waals surface area (Å²) >= 11 is 0. The molecule has 0 aromatic heterocycles. The van der Waals surface area contributed by atoms with Gasteiger partial charge in [0.15, 0.2) is 0 Å². The normalized spacial score (nSPS) is 11.3. The van der Waals surface area contributed by atoms with Crippen LogP contribution in [0, 0.1) is 11.3 Å². The van der Waals surface area contributed by atoms with Gasteiger partial charge < -0.3 is 4.90 Å². The van der Waals surface area contributed by atoms with Crippen LogP contribution in [0.2, 0.25) is 0 Å². The fraction of sp³-hybridized carbons (Fsp3) is 0.917. The van der Waals surface area contributed by atoms with E-state index in [4.69, 9.17) is 5.26 Å². The topological polar surface area (TPSA) is 30.3 Å². The summed E-state index contributed by atoms with van der Waals surface area (Å²) in [5, 5.41) is 8.58. The molecule has 15 heavy (non-hydrogen) atoms. The fourth-order valence-corrected chi connectivity index (χ4v) is 1.63. The Bertz CT molecular complexity index is 180. The SMILES string of the molecule is CCN(CC)CCN(CCC#N)C(C)C. The molecule has 0 aliphatic rings. The molecule has 0 radical (unpaired) electrons. The van der Waals surface area contributed by atoms with Crippen molar-refractivity contribution in [1.29, 1.82) is 5.26 Å². The molecule has 0 aromatic carbocycles. The number of hydrogen-bond donors (Lipinski definition) is 0. The van der Waals surface area contributed by atoms with E-state index in [9.17, 15) is 0 Å². The van der Waals surface area contributed by atoms with Gasteiger partial charge in [-0.3, -0.25) is 4.90 Å². The predicted octanol–water partition coefficient (Wildman–Crippen LogP) is 1.95. The van der Waals surface area contributed by atoms with Crippen LogP contribution in [0.4, 0.5) is 0 Å². The van der Waals surface area contributed by atoms with Gasteiger partial charge in [-0.25, -0.2) is 0 Å². The minimum atomic E-state index is 0.536. The molecule has 0 aliphatic heterocycles. The Morgan fingerprint density at radius 3 is 2.07 bits per heavy atom. The molecule has 0 amide bonds. The van der Waals surface area contributed by atoms with Crippen LogP contribution in [0.5, 0.6) is 0 Å². The average molecular weight is 211 g/mol. The standard InChI is InChI=1S/C12H25N3/c1-5-14(6-2)10-11-15(12(3)4)9-7-8-13/h12H,5-7,9-11H2,1-4H3. The maximum Gasteiger partial charge on any atom is 0.0635 e. The van der Waals surface area contributed by atoms with E-state index in [1.165, 1.54) is 0 Å². The molecule has 0 bridgehead atoms. The molecule has 0 fully saturated rings. The first kappa shape index (κ1) is 14.4. The Hall–Kier alpha value is -0.590. The van der Waals surface area contributed by atoms with E-state index in [-0.39, 0.29) is 0 Å². The van der Waals surface area contributed by atoms with E-state index in [1.54, 1.807) is 0 Å². The number of nitriles is 1. The van der Waals surface area contributed by atoms with Crippen LogP contribution >= 0.6 is 0 Å². The summed E-state index contributed by atoms with van der Waals surface area (Å²) in [6.07, 6.45) is 0.635. The molecule has 0 aromatic rings. The minimum Gasteiger partial charge on any atom is -0.303 e. The second-order valence-electron chi connectivity index (χ2n) is 4.06. The highest BCUT2D eigenvalue weighted by molar-refractivity contribution is 4.74. The summed E-state index contributed by atoms with van der Waals surface area (Å²) in [6, 6.07) is 2.75. The van der Waals surface area contributed by atoms with Crippen molar-refractivity contribution < 1.29 is 0 Å². The van der Waals surface area contributed by atoms with E-state index in [2.05, 4.69) is 43.6 Å². The van der Waals surface area contributed by atoms with Crippen LogP contribution in [0.25, 0.3) is 0 Å². The Labute approximate surface area is 94.7 Å². The average Bonchev–Trinajstić information content (AvgIpc) is 2.23. The zero-order valence-electron chi connectivity index (χ0n) is 10.7. The Morgan fingerprint density at radius 2 is 1.67 bits per heavy atom. The van der Waals surface area contributed by atoms with E-state index >= 15 is 0 Å². The maximum atomic E-state index is 8.58. The zero-order valence-corrected chi connectivity index (χ0v) is 10.7. The third-order valence-corrected chi connectivity index (χ3v) is 2.84. The molecular formula is C12H25N3. The van der Waals surface area contributed by atoms with Gasteiger partial charge >= 0.3 is 0 Å². The molecule has 3 nitrogen and oxygen atoms in total. The van der Waals surface area contributed by atoms with Crippen LogP contribution < -0.4 is 0 Å². The summed E-state index contributed by atoms with van der Waals surface area (Å²) in [5.41, 5.74) is 0. The summed E-state index contributed by atoms with van der Waals surface area (Å²) in [6.45, 7) is 14.1. The highest BCUT2D eigenvalue weighted by atomic mass is 15.2. The summed E-state index contributed by atoms with van der Waals surface area (Å²) in [4.78, 5) is 4.79. The van der Waals surface area contributed by atoms with E-state index in [1.807, 2.05) is 0 Å². The van der Waals surface area contributed by atoms with Gasteiger partial charge in [0.2, 0.25) is 0 Å². The van der Waals surface area contributed by atoms with Crippen LogP contribution in [0.3, 0.4) is 0 Å². The molecule has 0 saturated carbocycles. The van der Waals surface area contributed by atoms with Crippen LogP contribution in [-0.4, -0.2) is 48.6 Å². The Balaban J connectivity index is 3.90. The number of rotatable bonds is 8. The molecule has 0 saturated heterocycles. The lowest BCUT2D eigenvalue weighted by Crippen LogP contribution is -2.39. The quantitative estimate of drug-likeness (QED) is 0.615. The second kappa shape index (κ2) is 8.70. The van der Waals surface area contributed by atoms with Crippen molar-refractivity contribution in [2.24, 2.45) is 0 Å². The van der Waals surface area contributed by atoms with Gasteiger partial charge in [-0.15, -0.1) is 0 Å². The third-order valence-electron chi connectivity index (χ3n) is 2.84. The number of hydrogen-bond acceptors (Lipinski definition) is 3. The van der Waals surface area contributed by atoms with E-state index < -0.39 is 0 Å². The molecule has 0 spiro atoms. The van der Waals surface area contributed by atoms with Crippen molar-refractivity contribution in [1.82, 2.24) is 9.80 Å². The Kier molecular flexibility index (Phi) is 8.35. The molecule has 0 aliphatic carbocycles. The third kappa shape index (κ3) is 6.48. The lowest BCUT2D eigenvalue weighted by atomic mass is 10.3. The molecule has 0 unspecified atom stereocenters. The molecule has 88 valence electrons. The first-order valence-electron chi connectivity index (χ1n) is 5.99. The molecular weight excluding hydrogens is 186 g/mol. The summed E-state index contributed by atoms with van der Waals surface area (Å²) < 4.78 is 0. The van der Waals surface area contributed by atoms with Gasteiger partial charge in [-0.05, 0) is 26.9 Å². The van der Waals surface area contributed by atoms with Crippen LogP contribution in [0.1, 0.15) is 34.1 Å². The predicted molar refractivity (Wildman–Crippen MR) is 64.7 cm³/mol. The van der Waals surface area contributed by atoms with Crippen molar-refractivity contribution in [3.8, 4) is 6.07 Å². The highest BCUT2D eigenvalue weighted by Gasteiger charge is 2.09. The smallest absolute Gasteiger partial charge is 0.0635 e. The second-order valence-corrected chi connectivity index (χ2v) is 4.06. The summed E-state index contributed by atoms with van der Waals surface area (Å²) in [5.74, 6) is 0. The number of nitrogens with zero attached hydrogens (tertiary/aromatic N) is 3. The van der Waals surface area contributed by atoms with Gasteiger partial charge in [-0.2, -0.15) is 5.26 Å². The first-order chi connectivity index (χ1) is 7.15. The molecule has 0 heterocycles. The van der Waals surface area contributed by atoms with Gasteiger partial charge in [0.1, 0.15) is 0 Å². The molecule has 3 heteroatoms. The van der Waals surface area contributed by atoms with E-state index in [0.29, 0.717) is 12.5 Å². The molecule has 0 atom stereocenters. The van der Waals surface area contributed by atoms with Crippen molar-refractivity contribution >= 4 is 0 Å². The van der Waals surface area contributed by atoms with Crippen LogP contribution in [-0.2, 0) is 0 Å². The van der Waals surface area contributed by atoms with Crippen LogP contribution in [0.15, 0.2) is 0 Å². The van der Waals surface area contributed by atoms with Gasteiger partial charge in [0.25, 0.3) is 0 Å². The summed E-state index contributed by atoms with van der Waals surface area (Å²) in [7, 11) is 0. The lowest BCUT2D eigenvalue weighted by Gasteiger charge is -2.28. The van der Waals surface area contributed by atoms with Gasteiger partial charge in [0.05, 0.1) is 6.07 Å². The maximum absolute atomic E-state index is 8.58. The van der Waals surface area contributed by atoms with Crippen molar-refractivity contribution in [3.05, 3.63) is 0 Å². The lowest BCUT2D eigenvalue weighted by molar-refractivity contribution is 0.185. The largest absolute Gasteiger partial charge is 0.303 e. The van der Waals surface area contributed by atoms with E-state index in [0.717, 1.165) is 32.7 Å². The monoisotopic (exact) mass is 211 g/mol. The Morgan fingerprint density at radius 1 is 1.07 bits per heavy atom. The number of likely N-dealkylation sites (N-methyl/N-ethyl adjacent to an activating group) is 1. The van der Waals surface area contributed by atoms with Gasteiger partial charge in [-0.1, -0.05) is 13.8 Å².